The summed E-state index contributed by atoms with van der Waals surface area (Å²) < 4.78 is 7.11. The molecule has 2 aliphatic rings. The summed E-state index contributed by atoms with van der Waals surface area (Å²) in [7, 11) is -1.77. The Labute approximate surface area is 216 Å². The number of rotatable bonds is 10. The quantitative estimate of drug-likeness (QED) is 0.255. The van der Waals surface area contributed by atoms with E-state index in [2.05, 4.69) is 71.1 Å². The Hall–Kier alpha value is -0.293. The van der Waals surface area contributed by atoms with Crippen molar-refractivity contribution in [2.75, 3.05) is 5.75 Å². The van der Waals surface area contributed by atoms with Crippen LogP contribution in [0.25, 0.3) is 0 Å². The van der Waals surface area contributed by atoms with E-state index in [1.165, 1.54) is 49.2 Å². The molecule has 194 valence electrons. The molecule has 0 aliphatic heterocycles. The molecule has 3 rings (SSSR count). The number of aliphatic hydroxyl groups is 1. The zero-order valence-electron chi connectivity index (χ0n) is 23.3. The van der Waals surface area contributed by atoms with Gasteiger partial charge in [0.15, 0.2) is 8.32 Å². The van der Waals surface area contributed by atoms with E-state index in [9.17, 15) is 5.11 Å². The lowest BCUT2D eigenvalue weighted by molar-refractivity contribution is -0.0214. The number of thioether (sulfide) groups is 1. The Balaban J connectivity index is 1.76. The highest BCUT2D eigenvalue weighted by Crippen LogP contribution is 2.60. The first-order chi connectivity index (χ1) is 15.7. The summed E-state index contributed by atoms with van der Waals surface area (Å²) >= 11 is 2.04. The van der Waals surface area contributed by atoms with Gasteiger partial charge >= 0.3 is 0 Å². The summed E-state index contributed by atoms with van der Waals surface area (Å²) in [5, 5.41) is 10.6. The van der Waals surface area contributed by atoms with Gasteiger partial charge < -0.3 is 9.53 Å². The van der Waals surface area contributed by atoms with E-state index in [0.29, 0.717) is 23.4 Å². The van der Waals surface area contributed by atoms with E-state index in [0.717, 1.165) is 18.8 Å². The Kier molecular flexibility index (Phi) is 9.14. The standard InChI is InChI=1S/C30H52O2SSi/c1-28(2,3)34(7,8)32-27-17-13-21-30(6)25(18-19-26(27)30)23(14-12-20-29(4,5)31)22-33-24-15-10-9-11-16-24/h9-11,15-16,23,25-27,31H,12-14,17-22H2,1-8H3/t23?,25-,26+,27+,30-/m1/s1. The first-order valence-corrected chi connectivity index (χ1v) is 17.7. The summed E-state index contributed by atoms with van der Waals surface area (Å²) in [5.74, 6) is 3.37. The zero-order valence-corrected chi connectivity index (χ0v) is 25.1. The SMILES string of the molecule is CC(C)(O)CCCC(CSc1ccccc1)[C@H]1CC[C@H]2[C@@H](O[Si](C)(C)C(C)(C)C)CCC[C@]12C. The van der Waals surface area contributed by atoms with Gasteiger partial charge in [-0.25, -0.2) is 0 Å². The molecule has 0 radical (unpaired) electrons. The van der Waals surface area contributed by atoms with E-state index in [4.69, 9.17) is 4.43 Å². The molecule has 2 saturated carbocycles. The fourth-order valence-corrected chi connectivity index (χ4v) is 9.10. The number of benzene rings is 1. The van der Waals surface area contributed by atoms with E-state index >= 15 is 0 Å². The van der Waals surface area contributed by atoms with Gasteiger partial charge in [0, 0.05) is 16.8 Å². The van der Waals surface area contributed by atoms with Gasteiger partial charge in [-0.3, -0.25) is 0 Å². The van der Waals surface area contributed by atoms with Gasteiger partial charge in [-0.15, -0.1) is 11.8 Å². The van der Waals surface area contributed by atoms with Gasteiger partial charge in [0.1, 0.15) is 0 Å². The summed E-state index contributed by atoms with van der Waals surface area (Å²) in [6, 6.07) is 10.9. The first kappa shape index (κ1) is 28.3. The van der Waals surface area contributed by atoms with Crippen LogP contribution in [-0.4, -0.2) is 30.9 Å². The maximum Gasteiger partial charge on any atom is 0.192 e. The number of hydrogen-bond donors (Lipinski definition) is 1. The van der Waals surface area contributed by atoms with Crippen molar-refractivity contribution in [1.29, 1.82) is 0 Å². The van der Waals surface area contributed by atoms with Gasteiger partial charge in [0.05, 0.1) is 5.60 Å². The average Bonchev–Trinajstić information content (AvgIpc) is 3.07. The lowest BCUT2D eigenvalue weighted by Gasteiger charge is -2.50. The second kappa shape index (κ2) is 11.0. The Morgan fingerprint density at radius 1 is 1.09 bits per heavy atom. The minimum atomic E-state index is -1.77. The summed E-state index contributed by atoms with van der Waals surface area (Å²) in [6.07, 6.45) is 10.3. The van der Waals surface area contributed by atoms with E-state index in [-0.39, 0.29) is 5.04 Å². The van der Waals surface area contributed by atoms with Gasteiger partial charge in [0.25, 0.3) is 0 Å². The molecule has 2 aliphatic carbocycles. The smallest absolute Gasteiger partial charge is 0.192 e. The Morgan fingerprint density at radius 2 is 1.76 bits per heavy atom. The second-order valence-electron chi connectivity index (χ2n) is 13.7. The highest BCUT2D eigenvalue weighted by Gasteiger charge is 2.54. The lowest BCUT2D eigenvalue weighted by atomic mass is 9.61. The average molecular weight is 505 g/mol. The van der Waals surface area contributed by atoms with Crippen molar-refractivity contribution in [3.8, 4) is 0 Å². The highest BCUT2D eigenvalue weighted by molar-refractivity contribution is 7.99. The minimum absolute atomic E-state index is 0.269. The van der Waals surface area contributed by atoms with Crippen molar-refractivity contribution in [1.82, 2.24) is 0 Å². The molecule has 2 nitrogen and oxygen atoms in total. The second-order valence-corrected chi connectivity index (χ2v) is 19.5. The van der Waals surface area contributed by atoms with Crippen molar-refractivity contribution >= 4 is 20.1 Å². The molecule has 0 aromatic heterocycles. The predicted octanol–water partition coefficient (Wildman–Crippen LogP) is 8.94. The van der Waals surface area contributed by atoms with Crippen LogP contribution in [0.5, 0.6) is 0 Å². The van der Waals surface area contributed by atoms with Crippen molar-refractivity contribution in [3.05, 3.63) is 30.3 Å². The third-order valence-electron chi connectivity index (χ3n) is 9.53. The van der Waals surface area contributed by atoms with Crippen LogP contribution in [0.3, 0.4) is 0 Å². The largest absolute Gasteiger partial charge is 0.414 e. The van der Waals surface area contributed by atoms with Crippen LogP contribution in [0.1, 0.15) is 92.9 Å². The van der Waals surface area contributed by atoms with E-state index in [1.54, 1.807) is 0 Å². The maximum absolute atomic E-state index is 10.3. The van der Waals surface area contributed by atoms with Gasteiger partial charge in [-0.1, -0.05) is 58.7 Å². The minimum Gasteiger partial charge on any atom is -0.414 e. The van der Waals surface area contributed by atoms with Crippen LogP contribution < -0.4 is 0 Å². The van der Waals surface area contributed by atoms with Crippen molar-refractivity contribution in [2.24, 2.45) is 23.2 Å². The molecule has 0 heterocycles. The lowest BCUT2D eigenvalue weighted by Crippen LogP contribution is -2.50. The summed E-state index contributed by atoms with van der Waals surface area (Å²) in [6.45, 7) is 18.5. The van der Waals surface area contributed by atoms with Crippen LogP contribution in [0.2, 0.25) is 18.1 Å². The van der Waals surface area contributed by atoms with Crippen LogP contribution in [0, 0.1) is 23.2 Å². The van der Waals surface area contributed by atoms with Gasteiger partial charge in [0.2, 0.25) is 0 Å². The molecule has 1 N–H and O–H groups in total. The third-order valence-corrected chi connectivity index (χ3v) is 15.2. The number of fused-ring (bicyclic) bond motifs is 1. The number of hydrogen-bond acceptors (Lipinski definition) is 3. The van der Waals surface area contributed by atoms with Crippen LogP contribution in [0.15, 0.2) is 35.2 Å². The monoisotopic (exact) mass is 504 g/mol. The first-order valence-electron chi connectivity index (χ1n) is 13.8. The predicted molar refractivity (Wildman–Crippen MR) is 151 cm³/mol. The van der Waals surface area contributed by atoms with Crippen LogP contribution >= 0.6 is 11.8 Å². The molecule has 1 aromatic rings. The molecule has 0 saturated heterocycles. The Bertz CT molecular complexity index is 766. The van der Waals surface area contributed by atoms with Gasteiger partial charge in [-0.2, -0.15) is 0 Å². The molecule has 5 atom stereocenters. The molecule has 4 heteroatoms. The molecule has 1 unspecified atom stereocenters. The fourth-order valence-electron chi connectivity index (χ4n) is 6.55. The summed E-state index contributed by atoms with van der Waals surface area (Å²) in [4.78, 5) is 1.39. The van der Waals surface area contributed by atoms with Gasteiger partial charge in [-0.05, 0) is 106 Å². The molecule has 2 fully saturated rings. The van der Waals surface area contributed by atoms with Crippen LogP contribution in [-0.2, 0) is 4.43 Å². The van der Waals surface area contributed by atoms with Crippen LogP contribution in [0.4, 0.5) is 0 Å². The normalized spacial score (nSPS) is 29.1. The zero-order chi connectivity index (χ0) is 25.2. The fraction of sp³-hybridized carbons (Fsp3) is 0.800. The summed E-state index contributed by atoms with van der Waals surface area (Å²) in [5.41, 5.74) is -0.173. The van der Waals surface area contributed by atoms with Crippen molar-refractivity contribution < 1.29 is 9.53 Å². The molecule has 1 aromatic carbocycles. The highest BCUT2D eigenvalue weighted by atomic mass is 32.2. The van der Waals surface area contributed by atoms with Crippen molar-refractivity contribution in [2.45, 2.75) is 128 Å². The molecule has 0 amide bonds. The molecule has 34 heavy (non-hydrogen) atoms. The topological polar surface area (TPSA) is 29.5 Å². The van der Waals surface area contributed by atoms with E-state index in [1.807, 2.05) is 25.6 Å². The molecule has 0 spiro atoms. The third kappa shape index (κ3) is 6.92. The molecular formula is C30H52O2SSi. The molecule has 0 bridgehead atoms. The van der Waals surface area contributed by atoms with E-state index < -0.39 is 13.9 Å². The Morgan fingerprint density at radius 3 is 2.38 bits per heavy atom. The van der Waals surface area contributed by atoms with Crippen molar-refractivity contribution in [3.63, 3.8) is 0 Å². The maximum atomic E-state index is 10.3. The molecular weight excluding hydrogens is 452 g/mol.